The van der Waals surface area contributed by atoms with Crippen molar-refractivity contribution in [3.05, 3.63) is 29.3 Å². The number of quaternary nitrogens is 1. The Kier molecular flexibility index (Phi) is 2.89. The second kappa shape index (κ2) is 4.52. The van der Waals surface area contributed by atoms with Crippen molar-refractivity contribution in [3.8, 4) is 0 Å². The fourth-order valence-electron chi connectivity index (χ4n) is 2.44. The van der Waals surface area contributed by atoms with Crippen LogP contribution in [-0.2, 0) is 6.54 Å². The quantitative estimate of drug-likeness (QED) is 0.838. The molecular formula is C13H17N2S+. The Morgan fingerprint density at radius 2 is 1.94 bits per heavy atom. The van der Waals surface area contributed by atoms with E-state index in [1.807, 2.05) is 11.3 Å². The molecule has 0 unspecified atom stereocenters. The maximum Gasteiger partial charge on any atom is 0.148 e. The molecule has 1 aliphatic heterocycles. The second-order valence-corrected chi connectivity index (χ2v) is 5.68. The first-order valence-corrected chi connectivity index (χ1v) is 6.91. The van der Waals surface area contributed by atoms with Gasteiger partial charge in [0.1, 0.15) is 11.6 Å². The number of piperidine rings is 1. The number of aromatic nitrogens is 1. The third-order valence-electron chi connectivity index (χ3n) is 3.30. The van der Waals surface area contributed by atoms with Gasteiger partial charge in [-0.25, -0.2) is 4.98 Å². The van der Waals surface area contributed by atoms with Gasteiger partial charge in [-0.15, -0.1) is 11.3 Å². The summed E-state index contributed by atoms with van der Waals surface area (Å²) in [6.07, 6.45) is 4.20. The zero-order valence-corrected chi connectivity index (χ0v) is 10.2. The normalized spacial score (nSPS) is 18.0. The van der Waals surface area contributed by atoms with Crippen LogP contribution in [0.3, 0.4) is 0 Å². The predicted octanol–water partition coefficient (Wildman–Crippen LogP) is 1.87. The summed E-state index contributed by atoms with van der Waals surface area (Å²) < 4.78 is 1.33. The summed E-state index contributed by atoms with van der Waals surface area (Å²) in [5.41, 5.74) is 1.17. The van der Waals surface area contributed by atoms with Gasteiger partial charge in [-0.3, -0.25) is 0 Å². The SMILES string of the molecule is c1ccc2sc(C[NH+]3CCCCC3)nc2c1. The highest BCUT2D eigenvalue weighted by Crippen LogP contribution is 2.20. The first kappa shape index (κ1) is 10.2. The lowest BCUT2D eigenvalue weighted by Gasteiger charge is -2.22. The van der Waals surface area contributed by atoms with E-state index in [0.717, 1.165) is 6.54 Å². The molecule has 1 N–H and O–H groups in total. The molecule has 0 saturated carbocycles. The van der Waals surface area contributed by atoms with Crippen molar-refractivity contribution in [1.82, 2.24) is 4.98 Å². The number of hydrogen-bond donors (Lipinski definition) is 1. The maximum absolute atomic E-state index is 4.70. The minimum absolute atomic E-state index is 1.12. The van der Waals surface area contributed by atoms with E-state index in [4.69, 9.17) is 4.98 Å². The molecule has 1 saturated heterocycles. The number of benzene rings is 1. The van der Waals surface area contributed by atoms with Gasteiger partial charge < -0.3 is 4.90 Å². The van der Waals surface area contributed by atoms with Crippen LogP contribution < -0.4 is 4.90 Å². The molecule has 3 rings (SSSR count). The highest BCUT2D eigenvalue weighted by atomic mass is 32.1. The Bertz CT molecular complexity index is 438. The Morgan fingerprint density at radius 1 is 1.12 bits per heavy atom. The minimum Gasteiger partial charge on any atom is -0.329 e. The lowest BCUT2D eigenvalue weighted by molar-refractivity contribution is -0.918. The average Bonchev–Trinajstić information content (AvgIpc) is 2.72. The molecule has 0 spiro atoms. The van der Waals surface area contributed by atoms with Gasteiger partial charge >= 0.3 is 0 Å². The monoisotopic (exact) mass is 233 g/mol. The van der Waals surface area contributed by atoms with Crippen molar-refractivity contribution in [3.63, 3.8) is 0 Å². The van der Waals surface area contributed by atoms with E-state index in [0.29, 0.717) is 0 Å². The molecule has 1 aliphatic rings. The summed E-state index contributed by atoms with van der Waals surface area (Å²) in [5, 5.41) is 1.30. The smallest absolute Gasteiger partial charge is 0.148 e. The molecule has 1 fully saturated rings. The van der Waals surface area contributed by atoms with E-state index >= 15 is 0 Å². The average molecular weight is 233 g/mol. The van der Waals surface area contributed by atoms with Crippen LogP contribution >= 0.6 is 11.3 Å². The van der Waals surface area contributed by atoms with Crippen LogP contribution in [0.15, 0.2) is 24.3 Å². The molecule has 0 radical (unpaired) electrons. The number of rotatable bonds is 2. The van der Waals surface area contributed by atoms with Gasteiger partial charge in [0.2, 0.25) is 0 Å². The van der Waals surface area contributed by atoms with Crippen LogP contribution in [0.1, 0.15) is 24.3 Å². The van der Waals surface area contributed by atoms with Crippen LogP contribution in [0, 0.1) is 0 Å². The molecular weight excluding hydrogens is 216 g/mol. The van der Waals surface area contributed by atoms with E-state index in [9.17, 15) is 0 Å². The molecule has 0 atom stereocenters. The first-order valence-electron chi connectivity index (χ1n) is 6.10. The van der Waals surface area contributed by atoms with Crippen molar-refractivity contribution >= 4 is 21.6 Å². The van der Waals surface area contributed by atoms with E-state index in [1.165, 1.54) is 47.6 Å². The van der Waals surface area contributed by atoms with Crippen LogP contribution in [0.25, 0.3) is 10.2 Å². The number of para-hydroxylation sites is 1. The van der Waals surface area contributed by atoms with Crippen LogP contribution in [0.2, 0.25) is 0 Å². The van der Waals surface area contributed by atoms with E-state index in [1.54, 1.807) is 4.90 Å². The fourth-order valence-corrected chi connectivity index (χ4v) is 3.48. The van der Waals surface area contributed by atoms with Crippen LogP contribution in [-0.4, -0.2) is 18.1 Å². The molecule has 0 aliphatic carbocycles. The standard InChI is InChI=1S/C13H16N2S/c1-4-8-15(9-5-1)10-13-14-11-6-2-3-7-12(11)16-13/h2-3,6-7H,1,4-5,8-10H2/p+1. The molecule has 2 heterocycles. The Labute approximate surface area is 99.9 Å². The van der Waals surface area contributed by atoms with Gasteiger partial charge in [-0.2, -0.15) is 0 Å². The van der Waals surface area contributed by atoms with Gasteiger partial charge in [0, 0.05) is 0 Å². The highest BCUT2D eigenvalue weighted by Gasteiger charge is 2.15. The molecule has 0 amide bonds. The van der Waals surface area contributed by atoms with Gasteiger partial charge in [0.15, 0.2) is 0 Å². The summed E-state index contributed by atoms with van der Waals surface area (Å²) in [6, 6.07) is 8.44. The number of hydrogen-bond acceptors (Lipinski definition) is 2. The van der Waals surface area contributed by atoms with Crippen molar-refractivity contribution in [1.29, 1.82) is 0 Å². The van der Waals surface area contributed by atoms with E-state index in [2.05, 4.69) is 24.3 Å². The van der Waals surface area contributed by atoms with Gasteiger partial charge in [-0.1, -0.05) is 12.1 Å². The summed E-state index contributed by atoms with van der Waals surface area (Å²) >= 11 is 1.86. The fraction of sp³-hybridized carbons (Fsp3) is 0.462. The lowest BCUT2D eigenvalue weighted by atomic mass is 10.1. The third kappa shape index (κ3) is 2.11. The Balaban J connectivity index is 1.78. The van der Waals surface area contributed by atoms with Crippen LogP contribution in [0.4, 0.5) is 0 Å². The second-order valence-electron chi connectivity index (χ2n) is 4.56. The van der Waals surface area contributed by atoms with E-state index in [-0.39, 0.29) is 0 Å². The molecule has 16 heavy (non-hydrogen) atoms. The van der Waals surface area contributed by atoms with Crippen molar-refractivity contribution in [2.24, 2.45) is 0 Å². The summed E-state index contributed by atoms with van der Waals surface area (Å²) in [7, 11) is 0. The molecule has 1 aromatic heterocycles. The van der Waals surface area contributed by atoms with Gasteiger partial charge in [0.25, 0.3) is 0 Å². The Morgan fingerprint density at radius 3 is 2.75 bits per heavy atom. The molecule has 1 aromatic carbocycles. The molecule has 3 heteroatoms. The van der Waals surface area contributed by atoms with Crippen LogP contribution in [0.5, 0.6) is 0 Å². The lowest BCUT2D eigenvalue weighted by Crippen LogP contribution is -3.11. The first-order chi connectivity index (χ1) is 7.92. The summed E-state index contributed by atoms with van der Waals surface area (Å²) in [6.45, 7) is 3.78. The summed E-state index contributed by atoms with van der Waals surface area (Å²) in [5.74, 6) is 0. The number of nitrogens with one attached hydrogen (secondary N) is 1. The van der Waals surface area contributed by atoms with Crippen molar-refractivity contribution < 1.29 is 4.90 Å². The van der Waals surface area contributed by atoms with Gasteiger partial charge in [0.05, 0.1) is 23.3 Å². The zero-order chi connectivity index (χ0) is 10.8. The van der Waals surface area contributed by atoms with Crippen molar-refractivity contribution in [2.45, 2.75) is 25.8 Å². The molecule has 84 valence electrons. The maximum atomic E-state index is 4.70. The van der Waals surface area contributed by atoms with Gasteiger partial charge in [-0.05, 0) is 31.4 Å². The number of nitrogens with zero attached hydrogens (tertiary/aromatic N) is 1. The molecule has 2 aromatic rings. The van der Waals surface area contributed by atoms with E-state index < -0.39 is 0 Å². The highest BCUT2D eigenvalue weighted by molar-refractivity contribution is 7.18. The molecule has 2 nitrogen and oxygen atoms in total. The predicted molar refractivity (Wildman–Crippen MR) is 67.9 cm³/mol. The molecule has 0 bridgehead atoms. The number of likely N-dealkylation sites (tertiary alicyclic amines) is 1. The minimum atomic E-state index is 1.12. The number of fused-ring (bicyclic) bond motifs is 1. The largest absolute Gasteiger partial charge is 0.329 e. The third-order valence-corrected chi connectivity index (χ3v) is 4.34. The number of thiazole rings is 1. The van der Waals surface area contributed by atoms with Crippen molar-refractivity contribution in [2.75, 3.05) is 13.1 Å². The summed E-state index contributed by atoms with van der Waals surface area (Å²) in [4.78, 5) is 6.42. The Hall–Kier alpha value is -0.930. The topological polar surface area (TPSA) is 17.3 Å². The zero-order valence-electron chi connectivity index (χ0n) is 9.41.